The molecule has 1 saturated carbocycles. The number of primary amides is 1. The number of amides is 3. The molecule has 1 aliphatic heterocycles. The summed E-state index contributed by atoms with van der Waals surface area (Å²) in [5.41, 5.74) is 6.22. The molecule has 3 rings (SSSR count). The Morgan fingerprint density at radius 1 is 1.16 bits per heavy atom. The van der Waals surface area contributed by atoms with E-state index in [1.807, 2.05) is 0 Å². The number of likely N-dealkylation sites (tertiary alicyclic amines) is 1. The molecule has 1 saturated heterocycles. The van der Waals surface area contributed by atoms with Crippen molar-refractivity contribution in [3.05, 3.63) is 29.8 Å². The molecule has 3 amide bonds. The van der Waals surface area contributed by atoms with Gasteiger partial charge in [0.15, 0.2) is 0 Å². The lowest BCUT2D eigenvalue weighted by Crippen LogP contribution is -2.37. The first-order valence-corrected chi connectivity index (χ1v) is 9.30. The number of nitrogens with zero attached hydrogens (tertiary/aromatic N) is 1. The molecule has 0 spiro atoms. The highest BCUT2D eigenvalue weighted by Crippen LogP contribution is 2.27. The van der Waals surface area contributed by atoms with Crippen LogP contribution in [0.15, 0.2) is 24.3 Å². The summed E-state index contributed by atoms with van der Waals surface area (Å²) in [5, 5.41) is 5.72. The van der Waals surface area contributed by atoms with E-state index in [2.05, 4.69) is 15.5 Å². The number of carbonyl (C=O) groups excluding carboxylic acids is 2. The Morgan fingerprint density at radius 2 is 1.96 bits per heavy atom. The van der Waals surface area contributed by atoms with Crippen LogP contribution in [0.5, 0.6) is 0 Å². The number of anilines is 1. The number of nitrogens with two attached hydrogens (primary N) is 1. The first kappa shape index (κ1) is 17.7. The largest absolute Gasteiger partial charge is 0.366 e. The van der Waals surface area contributed by atoms with Gasteiger partial charge in [0.1, 0.15) is 0 Å². The van der Waals surface area contributed by atoms with E-state index in [1.165, 1.54) is 32.1 Å². The van der Waals surface area contributed by atoms with Gasteiger partial charge in [-0.1, -0.05) is 25.3 Å². The fraction of sp³-hybridized carbons (Fsp3) is 0.579. The summed E-state index contributed by atoms with van der Waals surface area (Å²) in [7, 11) is 0. The van der Waals surface area contributed by atoms with Crippen LogP contribution in [0.1, 0.15) is 48.9 Å². The van der Waals surface area contributed by atoms with Gasteiger partial charge < -0.3 is 21.3 Å². The van der Waals surface area contributed by atoms with Crippen molar-refractivity contribution in [3.63, 3.8) is 0 Å². The molecule has 2 aliphatic rings. The van der Waals surface area contributed by atoms with Crippen LogP contribution < -0.4 is 16.4 Å². The maximum atomic E-state index is 12.1. The van der Waals surface area contributed by atoms with Crippen molar-refractivity contribution in [1.29, 1.82) is 0 Å². The van der Waals surface area contributed by atoms with Crippen molar-refractivity contribution in [1.82, 2.24) is 10.2 Å². The second-order valence-electron chi connectivity index (χ2n) is 7.22. The van der Waals surface area contributed by atoms with E-state index in [0.717, 1.165) is 25.6 Å². The van der Waals surface area contributed by atoms with E-state index in [4.69, 9.17) is 5.73 Å². The lowest BCUT2D eigenvalue weighted by atomic mass is 9.94. The highest BCUT2D eigenvalue weighted by Gasteiger charge is 2.29. The van der Waals surface area contributed by atoms with Crippen LogP contribution in [-0.2, 0) is 0 Å². The summed E-state index contributed by atoms with van der Waals surface area (Å²) in [6, 6.07) is 7.18. The van der Waals surface area contributed by atoms with Crippen LogP contribution >= 0.6 is 0 Å². The van der Waals surface area contributed by atoms with Gasteiger partial charge >= 0.3 is 6.03 Å². The Bertz CT molecular complexity index is 613. The molecule has 1 heterocycles. The van der Waals surface area contributed by atoms with E-state index in [9.17, 15) is 9.59 Å². The number of benzene rings is 1. The average Bonchev–Trinajstić information content (AvgIpc) is 3.10. The first-order chi connectivity index (χ1) is 12.1. The van der Waals surface area contributed by atoms with Gasteiger partial charge in [0, 0.05) is 30.4 Å². The third-order valence-electron chi connectivity index (χ3n) is 5.36. The fourth-order valence-electron chi connectivity index (χ4n) is 3.97. The molecule has 0 radical (unpaired) electrons. The van der Waals surface area contributed by atoms with Crippen molar-refractivity contribution < 1.29 is 9.59 Å². The highest BCUT2D eigenvalue weighted by atomic mass is 16.2. The standard InChI is InChI=1S/C19H28N4O2/c20-18(24)15-5-4-6-16(11-15)22-19(25)21-12-14-9-10-23(13-14)17-7-2-1-3-8-17/h4-6,11,14,17H,1-3,7-10,12-13H2,(H2,20,24)(H2,21,22,25). The van der Waals surface area contributed by atoms with Gasteiger partial charge in [0.05, 0.1) is 0 Å². The van der Waals surface area contributed by atoms with E-state index in [-0.39, 0.29) is 6.03 Å². The maximum Gasteiger partial charge on any atom is 0.319 e. The van der Waals surface area contributed by atoms with Crippen molar-refractivity contribution in [3.8, 4) is 0 Å². The van der Waals surface area contributed by atoms with Crippen LogP contribution in [0.4, 0.5) is 10.5 Å². The molecule has 25 heavy (non-hydrogen) atoms. The van der Waals surface area contributed by atoms with Gasteiger partial charge in [-0.15, -0.1) is 0 Å². The molecule has 6 nitrogen and oxygen atoms in total. The molecule has 6 heteroatoms. The molecule has 0 aromatic heterocycles. The molecule has 1 aromatic rings. The Hall–Kier alpha value is -2.08. The van der Waals surface area contributed by atoms with Gasteiger partial charge in [-0.05, 0) is 49.9 Å². The number of hydrogen-bond donors (Lipinski definition) is 3. The summed E-state index contributed by atoms with van der Waals surface area (Å²) in [4.78, 5) is 25.9. The Morgan fingerprint density at radius 3 is 2.72 bits per heavy atom. The second kappa shape index (κ2) is 8.34. The van der Waals surface area contributed by atoms with Crippen molar-refractivity contribution in [2.75, 3.05) is 25.0 Å². The predicted octanol–water partition coefficient (Wildman–Crippen LogP) is 2.56. The Labute approximate surface area is 149 Å². The minimum atomic E-state index is -0.502. The van der Waals surface area contributed by atoms with Crippen molar-refractivity contribution in [2.45, 2.75) is 44.6 Å². The SMILES string of the molecule is NC(=O)c1cccc(NC(=O)NCC2CCN(C3CCCCC3)C2)c1. The Kier molecular flexibility index (Phi) is 5.91. The fourth-order valence-corrected chi connectivity index (χ4v) is 3.97. The summed E-state index contributed by atoms with van der Waals surface area (Å²) in [6.07, 6.45) is 7.90. The summed E-state index contributed by atoms with van der Waals surface area (Å²) in [5.74, 6) is 0.0162. The summed E-state index contributed by atoms with van der Waals surface area (Å²) in [6.45, 7) is 2.92. The van der Waals surface area contributed by atoms with Gasteiger partial charge in [0.25, 0.3) is 0 Å². The third kappa shape index (κ3) is 4.95. The molecular formula is C19H28N4O2. The number of urea groups is 1. The van der Waals surface area contributed by atoms with E-state index in [1.54, 1.807) is 24.3 Å². The zero-order valence-corrected chi connectivity index (χ0v) is 14.7. The average molecular weight is 344 g/mol. The molecule has 2 fully saturated rings. The lowest BCUT2D eigenvalue weighted by molar-refractivity contribution is 0.1000. The number of nitrogens with one attached hydrogen (secondary N) is 2. The zero-order chi connectivity index (χ0) is 17.6. The minimum absolute atomic E-state index is 0.238. The second-order valence-corrected chi connectivity index (χ2v) is 7.22. The highest BCUT2D eigenvalue weighted by molar-refractivity contribution is 5.95. The quantitative estimate of drug-likeness (QED) is 0.767. The van der Waals surface area contributed by atoms with Crippen LogP contribution in [-0.4, -0.2) is 42.5 Å². The molecule has 4 N–H and O–H groups in total. The maximum absolute atomic E-state index is 12.1. The smallest absolute Gasteiger partial charge is 0.319 e. The molecule has 0 bridgehead atoms. The van der Waals surface area contributed by atoms with Gasteiger partial charge in [-0.2, -0.15) is 0 Å². The zero-order valence-electron chi connectivity index (χ0n) is 14.7. The molecule has 1 atom stereocenters. The number of hydrogen-bond acceptors (Lipinski definition) is 3. The number of carbonyl (C=O) groups is 2. The number of rotatable bonds is 5. The topological polar surface area (TPSA) is 87.5 Å². The van der Waals surface area contributed by atoms with Gasteiger partial charge in [0.2, 0.25) is 5.91 Å². The predicted molar refractivity (Wildman–Crippen MR) is 98.5 cm³/mol. The van der Waals surface area contributed by atoms with Crippen LogP contribution in [0.25, 0.3) is 0 Å². The molecule has 1 aliphatic carbocycles. The minimum Gasteiger partial charge on any atom is -0.366 e. The van der Waals surface area contributed by atoms with Crippen LogP contribution in [0.3, 0.4) is 0 Å². The molecular weight excluding hydrogens is 316 g/mol. The third-order valence-corrected chi connectivity index (χ3v) is 5.36. The first-order valence-electron chi connectivity index (χ1n) is 9.30. The van der Waals surface area contributed by atoms with Gasteiger partial charge in [-0.3, -0.25) is 4.79 Å². The van der Waals surface area contributed by atoms with Crippen molar-refractivity contribution in [2.24, 2.45) is 11.7 Å². The van der Waals surface area contributed by atoms with E-state index in [0.29, 0.717) is 23.7 Å². The van der Waals surface area contributed by atoms with Crippen molar-refractivity contribution >= 4 is 17.6 Å². The molecule has 1 unspecified atom stereocenters. The monoisotopic (exact) mass is 344 g/mol. The normalized spacial score (nSPS) is 21.8. The lowest BCUT2D eigenvalue weighted by Gasteiger charge is -2.31. The summed E-state index contributed by atoms with van der Waals surface area (Å²) >= 11 is 0. The van der Waals surface area contributed by atoms with Crippen LogP contribution in [0.2, 0.25) is 0 Å². The Balaban J connectivity index is 1.42. The van der Waals surface area contributed by atoms with E-state index >= 15 is 0 Å². The van der Waals surface area contributed by atoms with Gasteiger partial charge in [-0.25, -0.2) is 4.79 Å². The van der Waals surface area contributed by atoms with E-state index < -0.39 is 5.91 Å². The molecule has 1 aromatic carbocycles. The van der Waals surface area contributed by atoms with Crippen LogP contribution in [0, 0.1) is 5.92 Å². The summed E-state index contributed by atoms with van der Waals surface area (Å²) < 4.78 is 0. The molecule has 136 valence electrons.